The molecule has 0 radical (unpaired) electrons. The summed E-state index contributed by atoms with van der Waals surface area (Å²) in [5, 5.41) is 3.39. The molecule has 2 atom stereocenters. The Morgan fingerprint density at radius 3 is 3.00 bits per heavy atom. The van der Waals surface area contributed by atoms with Crippen LogP contribution in [0.2, 0.25) is 0 Å². The lowest BCUT2D eigenvalue weighted by Gasteiger charge is -2.24. The number of likely N-dealkylation sites (tertiary alicyclic amines) is 1. The van der Waals surface area contributed by atoms with Gasteiger partial charge in [-0.05, 0) is 30.5 Å². The van der Waals surface area contributed by atoms with Gasteiger partial charge in [0.05, 0.1) is 0 Å². The summed E-state index contributed by atoms with van der Waals surface area (Å²) in [5.74, 6) is 0.834. The van der Waals surface area contributed by atoms with E-state index in [9.17, 15) is 4.79 Å². The summed E-state index contributed by atoms with van der Waals surface area (Å²) in [6.45, 7) is 2.91. The van der Waals surface area contributed by atoms with Gasteiger partial charge in [0.1, 0.15) is 0 Å². The Bertz CT molecular complexity index is 486. The maximum absolute atomic E-state index is 12.6. The molecule has 2 saturated heterocycles. The molecule has 2 aliphatic heterocycles. The SMILES string of the molecule is CN(C)c1cccc(C(=O)N2CC[C@H]3CNC[C@H]32)c1. The zero-order valence-electron chi connectivity index (χ0n) is 11.6. The molecular formula is C15H21N3O. The maximum atomic E-state index is 12.6. The largest absolute Gasteiger partial charge is 0.378 e. The Kier molecular flexibility index (Phi) is 3.19. The number of amides is 1. The van der Waals surface area contributed by atoms with Crippen LogP contribution < -0.4 is 10.2 Å². The van der Waals surface area contributed by atoms with Crippen LogP contribution in [-0.4, -0.2) is 50.6 Å². The summed E-state index contributed by atoms with van der Waals surface area (Å²) in [6.07, 6.45) is 1.14. The lowest BCUT2D eigenvalue weighted by atomic mass is 10.0. The van der Waals surface area contributed by atoms with Crippen LogP contribution in [0.5, 0.6) is 0 Å². The molecule has 1 amide bonds. The molecule has 0 saturated carbocycles. The first-order valence-electron chi connectivity index (χ1n) is 6.96. The van der Waals surface area contributed by atoms with Crippen LogP contribution in [0.15, 0.2) is 24.3 Å². The molecule has 0 aliphatic carbocycles. The van der Waals surface area contributed by atoms with Crippen LogP contribution in [-0.2, 0) is 0 Å². The van der Waals surface area contributed by atoms with Gasteiger partial charge in [-0.25, -0.2) is 0 Å². The predicted octanol–water partition coefficient (Wildman–Crippen LogP) is 1.19. The Labute approximate surface area is 114 Å². The minimum Gasteiger partial charge on any atom is -0.378 e. The van der Waals surface area contributed by atoms with E-state index in [0.29, 0.717) is 12.0 Å². The van der Waals surface area contributed by atoms with Crippen molar-refractivity contribution < 1.29 is 4.79 Å². The lowest BCUT2D eigenvalue weighted by Crippen LogP contribution is -2.39. The first-order chi connectivity index (χ1) is 9.16. The first kappa shape index (κ1) is 12.5. The molecule has 3 rings (SSSR count). The minimum atomic E-state index is 0.180. The third-order valence-corrected chi connectivity index (χ3v) is 4.32. The monoisotopic (exact) mass is 259 g/mol. The van der Waals surface area contributed by atoms with Crippen molar-refractivity contribution in [2.75, 3.05) is 38.6 Å². The zero-order chi connectivity index (χ0) is 13.4. The first-order valence-corrected chi connectivity index (χ1v) is 6.96. The van der Waals surface area contributed by atoms with Crippen LogP contribution in [0.3, 0.4) is 0 Å². The van der Waals surface area contributed by atoms with E-state index < -0.39 is 0 Å². The molecule has 1 aromatic rings. The number of anilines is 1. The van der Waals surface area contributed by atoms with E-state index >= 15 is 0 Å². The van der Waals surface area contributed by atoms with Crippen LogP contribution in [0.4, 0.5) is 5.69 Å². The molecule has 4 heteroatoms. The van der Waals surface area contributed by atoms with Crippen LogP contribution in [0.1, 0.15) is 16.8 Å². The summed E-state index contributed by atoms with van der Waals surface area (Å²) in [7, 11) is 3.99. The third-order valence-electron chi connectivity index (χ3n) is 4.32. The number of nitrogens with one attached hydrogen (secondary N) is 1. The number of rotatable bonds is 2. The van der Waals surface area contributed by atoms with Crippen molar-refractivity contribution in [3.05, 3.63) is 29.8 Å². The Morgan fingerprint density at radius 2 is 2.21 bits per heavy atom. The van der Waals surface area contributed by atoms with Crippen LogP contribution >= 0.6 is 0 Å². The number of carbonyl (C=O) groups is 1. The van der Waals surface area contributed by atoms with Crippen molar-refractivity contribution in [3.63, 3.8) is 0 Å². The van der Waals surface area contributed by atoms with Gasteiger partial charge in [-0.2, -0.15) is 0 Å². The fraction of sp³-hybridized carbons (Fsp3) is 0.533. The molecule has 0 bridgehead atoms. The van der Waals surface area contributed by atoms with Crippen LogP contribution in [0.25, 0.3) is 0 Å². The maximum Gasteiger partial charge on any atom is 0.254 e. The molecule has 1 N–H and O–H groups in total. The zero-order valence-corrected chi connectivity index (χ0v) is 11.6. The van der Waals surface area contributed by atoms with Crippen molar-refractivity contribution in [1.82, 2.24) is 10.2 Å². The number of hydrogen-bond donors (Lipinski definition) is 1. The van der Waals surface area contributed by atoms with Gasteiger partial charge in [-0.1, -0.05) is 6.07 Å². The second kappa shape index (κ2) is 4.85. The molecule has 0 aromatic heterocycles. The van der Waals surface area contributed by atoms with E-state index in [1.165, 1.54) is 0 Å². The highest BCUT2D eigenvalue weighted by Gasteiger charge is 2.40. The predicted molar refractivity (Wildman–Crippen MR) is 76.6 cm³/mol. The Hall–Kier alpha value is -1.55. The van der Waals surface area contributed by atoms with E-state index in [0.717, 1.165) is 37.3 Å². The molecule has 19 heavy (non-hydrogen) atoms. The number of nitrogens with zero attached hydrogens (tertiary/aromatic N) is 2. The molecule has 2 heterocycles. The average molecular weight is 259 g/mol. The fourth-order valence-electron chi connectivity index (χ4n) is 3.18. The quantitative estimate of drug-likeness (QED) is 0.866. The van der Waals surface area contributed by atoms with Gasteiger partial charge >= 0.3 is 0 Å². The third kappa shape index (κ3) is 2.21. The van der Waals surface area contributed by atoms with E-state index in [2.05, 4.69) is 10.2 Å². The van der Waals surface area contributed by atoms with Gasteiger partial charge in [0.15, 0.2) is 0 Å². The van der Waals surface area contributed by atoms with Gasteiger partial charge in [0.2, 0.25) is 0 Å². The van der Waals surface area contributed by atoms with E-state index in [-0.39, 0.29) is 5.91 Å². The van der Waals surface area contributed by atoms with Crippen molar-refractivity contribution in [2.24, 2.45) is 5.92 Å². The van der Waals surface area contributed by atoms with Crippen molar-refractivity contribution >= 4 is 11.6 Å². The Morgan fingerprint density at radius 1 is 1.37 bits per heavy atom. The fourth-order valence-corrected chi connectivity index (χ4v) is 3.18. The van der Waals surface area contributed by atoms with E-state index in [4.69, 9.17) is 0 Å². The number of carbonyl (C=O) groups excluding carboxylic acids is 1. The summed E-state index contributed by atoms with van der Waals surface area (Å²) in [6, 6.07) is 8.29. The molecule has 2 aliphatic rings. The Balaban J connectivity index is 1.82. The highest BCUT2D eigenvalue weighted by Crippen LogP contribution is 2.29. The standard InChI is InChI=1S/C15H21N3O/c1-17(2)13-5-3-4-11(8-13)15(19)18-7-6-12-9-16-10-14(12)18/h3-5,8,12,14,16H,6-7,9-10H2,1-2H3/t12-,14+/m0/s1. The second-order valence-corrected chi connectivity index (χ2v) is 5.72. The molecule has 102 valence electrons. The molecule has 0 unspecified atom stereocenters. The van der Waals surface area contributed by atoms with Gasteiger partial charge in [-0.15, -0.1) is 0 Å². The van der Waals surface area contributed by atoms with Crippen LogP contribution in [0, 0.1) is 5.92 Å². The summed E-state index contributed by atoms with van der Waals surface area (Å²) < 4.78 is 0. The number of hydrogen-bond acceptors (Lipinski definition) is 3. The number of fused-ring (bicyclic) bond motifs is 1. The molecular weight excluding hydrogens is 238 g/mol. The molecule has 1 aromatic carbocycles. The number of benzene rings is 1. The highest BCUT2D eigenvalue weighted by atomic mass is 16.2. The normalized spacial score (nSPS) is 25.5. The van der Waals surface area contributed by atoms with Gasteiger partial charge in [0.25, 0.3) is 5.91 Å². The second-order valence-electron chi connectivity index (χ2n) is 5.72. The van der Waals surface area contributed by atoms with Crippen molar-refractivity contribution in [3.8, 4) is 0 Å². The van der Waals surface area contributed by atoms with Gasteiger partial charge in [0, 0.05) is 51.0 Å². The van der Waals surface area contributed by atoms with E-state index in [1.54, 1.807) is 0 Å². The summed E-state index contributed by atoms with van der Waals surface area (Å²) in [4.78, 5) is 16.7. The topological polar surface area (TPSA) is 35.6 Å². The smallest absolute Gasteiger partial charge is 0.254 e. The summed E-state index contributed by atoms with van der Waals surface area (Å²) >= 11 is 0. The molecule has 4 nitrogen and oxygen atoms in total. The summed E-state index contributed by atoms with van der Waals surface area (Å²) in [5.41, 5.74) is 1.88. The highest BCUT2D eigenvalue weighted by molar-refractivity contribution is 5.95. The average Bonchev–Trinajstić information content (AvgIpc) is 3.00. The van der Waals surface area contributed by atoms with Gasteiger partial charge < -0.3 is 15.1 Å². The minimum absolute atomic E-state index is 0.180. The molecule has 2 fully saturated rings. The lowest BCUT2D eigenvalue weighted by molar-refractivity contribution is 0.0737. The van der Waals surface area contributed by atoms with Crippen molar-refractivity contribution in [2.45, 2.75) is 12.5 Å². The van der Waals surface area contributed by atoms with E-state index in [1.807, 2.05) is 43.3 Å². The van der Waals surface area contributed by atoms with Gasteiger partial charge in [-0.3, -0.25) is 4.79 Å². The van der Waals surface area contributed by atoms with Crippen molar-refractivity contribution in [1.29, 1.82) is 0 Å². The molecule has 0 spiro atoms.